The molecule has 0 unspecified atom stereocenters. The minimum atomic E-state index is -4.71. The number of hydrogen-bond donors (Lipinski definition) is 2. The molecule has 0 amide bonds. The Morgan fingerprint density at radius 1 is 1.21 bits per heavy atom. The molecule has 8 heteroatoms. The Morgan fingerprint density at radius 2 is 1.88 bits per heavy atom. The van der Waals surface area contributed by atoms with Crippen LogP contribution in [0.25, 0.3) is 0 Å². The van der Waals surface area contributed by atoms with E-state index in [0.717, 1.165) is 12.1 Å². The summed E-state index contributed by atoms with van der Waals surface area (Å²) in [5.74, 6) is -2.51. The molecule has 0 aliphatic carbocycles. The summed E-state index contributed by atoms with van der Waals surface area (Å²) >= 11 is 0. The van der Waals surface area contributed by atoms with Gasteiger partial charge in [0.25, 0.3) is 0 Å². The summed E-state index contributed by atoms with van der Waals surface area (Å²) in [4.78, 5) is 14.6. The summed E-state index contributed by atoms with van der Waals surface area (Å²) in [5, 5.41) is 11.7. The Kier molecular flexibility index (Phi) is 4.77. The zero-order valence-corrected chi connectivity index (χ0v) is 12.8. The second-order valence-electron chi connectivity index (χ2n) is 5.41. The number of nitrogens with one attached hydrogen (secondary N) is 1. The molecule has 0 bridgehead atoms. The molecule has 2 rings (SSSR count). The number of aromatic carboxylic acids is 1. The highest BCUT2D eigenvalue weighted by Crippen LogP contribution is 2.32. The van der Waals surface area contributed by atoms with Crippen molar-refractivity contribution in [3.8, 4) is 0 Å². The van der Waals surface area contributed by atoms with Gasteiger partial charge in [-0.3, -0.25) is 0 Å². The van der Waals surface area contributed by atoms with Crippen LogP contribution in [0.2, 0.25) is 0 Å². The summed E-state index contributed by atoms with van der Waals surface area (Å²) in [5.41, 5.74) is -0.850. The van der Waals surface area contributed by atoms with E-state index in [1.807, 2.05) is 0 Å². The van der Waals surface area contributed by atoms with Gasteiger partial charge in [-0.1, -0.05) is 13.8 Å². The first-order valence-electron chi connectivity index (χ1n) is 6.97. The highest BCUT2D eigenvalue weighted by molar-refractivity contribution is 5.94. The number of hydrogen-bond acceptors (Lipinski definition) is 3. The van der Waals surface area contributed by atoms with Gasteiger partial charge in [-0.15, -0.1) is 0 Å². The summed E-state index contributed by atoms with van der Waals surface area (Å²) in [6.07, 6.45) is -4.71. The number of rotatable bonds is 4. The Bertz CT molecular complexity index is 773. The van der Waals surface area contributed by atoms with E-state index >= 15 is 0 Å². The number of pyridine rings is 1. The zero-order chi connectivity index (χ0) is 18.1. The van der Waals surface area contributed by atoms with Crippen LogP contribution in [0.5, 0.6) is 0 Å². The molecule has 0 aliphatic heterocycles. The summed E-state index contributed by atoms with van der Waals surface area (Å²) in [6.45, 7) is 3.55. The molecule has 2 aromatic rings. The van der Waals surface area contributed by atoms with E-state index in [9.17, 15) is 22.4 Å². The predicted octanol–water partition coefficient (Wildman–Crippen LogP) is 4.80. The first-order chi connectivity index (χ1) is 11.1. The SMILES string of the molecule is CC(C)c1cc(F)ccc1Nc1nc(C(F)(F)F)ccc1C(=O)O. The maximum Gasteiger partial charge on any atom is 0.433 e. The van der Waals surface area contributed by atoms with Crippen molar-refractivity contribution in [3.05, 3.63) is 53.0 Å². The molecule has 0 saturated heterocycles. The Labute approximate surface area is 135 Å². The third-order valence-electron chi connectivity index (χ3n) is 3.30. The van der Waals surface area contributed by atoms with E-state index in [1.54, 1.807) is 13.8 Å². The van der Waals surface area contributed by atoms with E-state index in [-0.39, 0.29) is 5.92 Å². The quantitative estimate of drug-likeness (QED) is 0.783. The molecule has 1 heterocycles. The van der Waals surface area contributed by atoms with Gasteiger partial charge in [0, 0.05) is 5.69 Å². The number of carboxylic acids is 1. The van der Waals surface area contributed by atoms with Gasteiger partial charge in [0.1, 0.15) is 22.9 Å². The van der Waals surface area contributed by atoms with Crippen LogP contribution in [0.3, 0.4) is 0 Å². The van der Waals surface area contributed by atoms with Crippen molar-refractivity contribution in [3.63, 3.8) is 0 Å². The Hall–Kier alpha value is -2.64. The fourth-order valence-corrected chi connectivity index (χ4v) is 2.14. The van der Waals surface area contributed by atoms with Gasteiger partial charge < -0.3 is 10.4 Å². The Balaban J connectivity index is 2.54. The highest BCUT2D eigenvalue weighted by atomic mass is 19.4. The number of nitrogens with zero attached hydrogens (tertiary/aromatic N) is 1. The molecular weight excluding hydrogens is 328 g/mol. The van der Waals surface area contributed by atoms with E-state index in [2.05, 4.69) is 10.3 Å². The number of carboxylic acid groups (broad SMARTS) is 1. The van der Waals surface area contributed by atoms with E-state index in [1.165, 1.54) is 12.1 Å². The number of aromatic nitrogens is 1. The number of benzene rings is 1. The Morgan fingerprint density at radius 3 is 2.42 bits per heavy atom. The molecule has 128 valence electrons. The van der Waals surface area contributed by atoms with Crippen LogP contribution in [0.15, 0.2) is 30.3 Å². The lowest BCUT2D eigenvalue weighted by atomic mass is 10.0. The molecular formula is C16H14F4N2O2. The monoisotopic (exact) mass is 342 g/mol. The lowest BCUT2D eigenvalue weighted by Gasteiger charge is -2.16. The maximum absolute atomic E-state index is 13.4. The van der Waals surface area contributed by atoms with Crippen LogP contribution in [-0.2, 0) is 6.18 Å². The summed E-state index contributed by atoms with van der Waals surface area (Å²) in [7, 11) is 0. The highest BCUT2D eigenvalue weighted by Gasteiger charge is 2.33. The van der Waals surface area contributed by atoms with Crippen molar-refractivity contribution < 1.29 is 27.5 Å². The van der Waals surface area contributed by atoms with Gasteiger partial charge in [-0.25, -0.2) is 14.2 Å². The van der Waals surface area contributed by atoms with Crippen molar-refractivity contribution in [2.45, 2.75) is 25.9 Å². The van der Waals surface area contributed by atoms with Crippen LogP contribution in [0.4, 0.5) is 29.1 Å². The van der Waals surface area contributed by atoms with Crippen LogP contribution < -0.4 is 5.32 Å². The standard InChI is InChI=1S/C16H14F4N2O2/c1-8(2)11-7-9(17)3-5-12(11)21-14-10(15(23)24)4-6-13(22-14)16(18,19)20/h3-8H,1-2H3,(H,21,22)(H,23,24). The molecule has 0 fully saturated rings. The molecule has 0 spiro atoms. The molecule has 4 nitrogen and oxygen atoms in total. The van der Waals surface area contributed by atoms with Gasteiger partial charge in [0.05, 0.1) is 0 Å². The third kappa shape index (κ3) is 3.81. The van der Waals surface area contributed by atoms with E-state index in [0.29, 0.717) is 17.3 Å². The fraction of sp³-hybridized carbons (Fsp3) is 0.250. The van der Waals surface area contributed by atoms with Crippen molar-refractivity contribution in [1.82, 2.24) is 4.98 Å². The first-order valence-corrected chi connectivity index (χ1v) is 6.97. The lowest BCUT2D eigenvalue weighted by Crippen LogP contribution is -2.13. The van der Waals surface area contributed by atoms with Crippen molar-refractivity contribution in [1.29, 1.82) is 0 Å². The van der Waals surface area contributed by atoms with Gasteiger partial charge >= 0.3 is 12.1 Å². The number of anilines is 2. The average molecular weight is 342 g/mol. The van der Waals surface area contributed by atoms with Gasteiger partial charge in [0.2, 0.25) is 0 Å². The van der Waals surface area contributed by atoms with E-state index in [4.69, 9.17) is 5.11 Å². The molecule has 0 saturated carbocycles. The van der Waals surface area contributed by atoms with Gasteiger partial charge in [0.15, 0.2) is 0 Å². The zero-order valence-electron chi connectivity index (χ0n) is 12.8. The molecule has 0 aliphatic rings. The topological polar surface area (TPSA) is 62.2 Å². The second-order valence-corrected chi connectivity index (χ2v) is 5.41. The molecule has 1 aromatic carbocycles. The third-order valence-corrected chi connectivity index (χ3v) is 3.30. The summed E-state index contributed by atoms with van der Waals surface area (Å²) in [6, 6.07) is 5.13. The number of carbonyl (C=O) groups is 1. The average Bonchev–Trinajstić information content (AvgIpc) is 2.47. The predicted molar refractivity (Wildman–Crippen MR) is 80.0 cm³/mol. The fourth-order valence-electron chi connectivity index (χ4n) is 2.14. The van der Waals surface area contributed by atoms with Crippen LogP contribution in [0, 0.1) is 5.82 Å². The minimum Gasteiger partial charge on any atom is -0.478 e. The van der Waals surface area contributed by atoms with Crippen LogP contribution in [0.1, 0.15) is 41.4 Å². The minimum absolute atomic E-state index is 0.137. The molecule has 0 radical (unpaired) electrons. The van der Waals surface area contributed by atoms with Crippen molar-refractivity contribution in [2.24, 2.45) is 0 Å². The molecule has 1 aromatic heterocycles. The molecule has 0 atom stereocenters. The van der Waals surface area contributed by atoms with Crippen LogP contribution >= 0.6 is 0 Å². The van der Waals surface area contributed by atoms with E-state index < -0.39 is 35.0 Å². The van der Waals surface area contributed by atoms with Gasteiger partial charge in [-0.2, -0.15) is 13.2 Å². The number of halogens is 4. The van der Waals surface area contributed by atoms with Crippen LogP contribution in [-0.4, -0.2) is 16.1 Å². The molecule has 2 N–H and O–H groups in total. The largest absolute Gasteiger partial charge is 0.478 e. The smallest absolute Gasteiger partial charge is 0.433 e. The number of alkyl halides is 3. The van der Waals surface area contributed by atoms with Crippen molar-refractivity contribution in [2.75, 3.05) is 5.32 Å². The molecule has 24 heavy (non-hydrogen) atoms. The first kappa shape index (κ1) is 17.7. The van der Waals surface area contributed by atoms with Crippen molar-refractivity contribution >= 4 is 17.5 Å². The summed E-state index contributed by atoms with van der Waals surface area (Å²) < 4.78 is 51.8. The normalized spacial score (nSPS) is 11.6. The van der Waals surface area contributed by atoms with Gasteiger partial charge in [-0.05, 0) is 41.8 Å². The lowest BCUT2D eigenvalue weighted by molar-refractivity contribution is -0.141. The maximum atomic E-state index is 13.4. The second kappa shape index (κ2) is 6.46.